The van der Waals surface area contributed by atoms with Gasteiger partial charge in [-0.15, -0.1) is 0 Å². The molecule has 0 amide bonds. The molecule has 0 atom stereocenters. The summed E-state index contributed by atoms with van der Waals surface area (Å²) < 4.78 is 15.9. The van der Waals surface area contributed by atoms with Crippen LogP contribution in [0.5, 0.6) is 17.2 Å². The van der Waals surface area contributed by atoms with Crippen molar-refractivity contribution in [1.29, 1.82) is 0 Å². The van der Waals surface area contributed by atoms with Crippen molar-refractivity contribution in [3.05, 3.63) is 36.2 Å². The van der Waals surface area contributed by atoms with Crippen molar-refractivity contribution in [3.8, 4) is 17.2 Å². The van der Waals surface area contributed by atoms with E-state index in [0.29, 0.717) is 29.7 Å². The molecule has 106 valence electrons. The third-order valence-corrected chi connectivity index (χ3v) is 2.79. The molecule has 0 unspecified atom stereocenters. The lowest BCUT2D eigenvalue weighted by Gasteiger charge is -2.14. The molecule has 2 rings (SSSR count). The lowest BCUT2D eigenvalue weighted by Crippen LogP contribution is -2.05. The summed E-state index contributed by atoms with van der Waals surface area (Å²) in [6.07, 6.45) is 3.36. The molecule has 1 aromatic carbocycles. The predicted molar refractivity (Wildman–Crippen MR) is 75.5 cm³/mol. The Bertz CT molecular complexity index is 561. The minimum Gasteiger partial charge on any atom is -0.496 e. The molecular weight excluding hydrogens is 258 g/mol. The first-order valence-corrected chi connectivity index (χ1v) is 6.08. The van der Waals surface area contributed by atoms with Crippen molar-refractivity contribution in [2.45, 2.75) is 6.54 Å². The first-order chi connectivity index (χ1) is 9.78. The number of hydrogen-bond donors (Lipinski definition) is 1. The minimum absolute atomic E-state index is 0.521. The zero-order valence-corrected chi connectivity index (χ0v) is 11.7. The highest BCUT2D eigenvalue weighted by molar-refractivity contribution is 5.51. The number of aromatic nitrogens is 2. The zero-order chi connectivity index (χ0) is 14.4. The van der Waals surface area contributed by atoms with Crippen LogP contribution in [-0.2, 0) is 6.54 Å². The molecule has 2 aromatic rings. The van der Waals surface area contributed by atoms with Crippen molar-refractivity contribution in [1.82, 2.24) is 9.97 Å². The molecule has 0 spiro atoms. The lowest BCUT2D eigenvalue weighted by molar-refractivity contribution is 0.347. The van der Waals surface area contributed by atoms with E-state index in [2.05, 4.69) is 15.3 Å². The smallest absolute Gasteiger partial charge is 0.222 e. The molecule has 0 aliphatic carbocycles. The molecule has 0 bridgehead atoms. The Balaban J connectivity index is 2.21. The molecule has 1 heterocycles. The topological polar surface area (TPSA) is 65.5 Å². The standard InChI is InChI=1S/C14H17N3O3/c1-18-11-8-13(20-3)12(19-2)7-10(11)9-17-14-15-5-4-6-16-14/h4-8H,9H2,1-3H3,(H,15,16,17). The molecule has 0 saturated carbocycles. The Morgan fingerprint density at radius 2 is 1.50 bits per heavy atom. The summed E-state index contributed by atoms with van der Waals surface area (Å²) in [4.78, 5) is 8.21. The third kappa shape index (κ3) is 3.09. The number of rotatable bonds is 6. The molecule has 0 radical (unpaired) electrons. The van der Waals surface area contributed by atoms with Crippen LogP contribution in [0.25, 0.3) is 0 Å². The van der Waals surface area contributed by atoms with Gasteiger partial charge in [-0.1, -0.05) is 0 Å². The molecule has 0 fully saturated rings. The van der Waals surface area contributed by atoms with Crippen LogP contribution in [0.1, 0.15) is 5.56 Å². The summed E-state index contributed by atoms with van der Waals surface area (Å²) in [5.41, 5.74) is 0.928. The number of nitrogens with zero attached hydrogens (tertiary/aromatic N) is 2. The van der Waals surface area contributed by atoms with Gasteiger partial charge < -0.3 is 19.5 Å². The first kappa shape index (κ1) is 13.9. The van der Waals surface area contributed by atoms with E-state index in [0.717, 1.165) is 5.56 Å². The second-order valence-electron chi connectivity index (χ2n) is 3.94. The maximum absolute atomic E-state index is 5.36. The Kier molecular flexibility index (Phi) is 4.60. The number of benzene rings is 1. The van der Waals surface area contributed by atoms with Crippen molar-refractivity contribution in [3.63, 3.8) is 0 Å². The van der Waals surface area contributed by atoms with Gasteiger partial charge in [-0.05, 0) is 12.1 Å². The fourth-order valence-electron chi connectivity index (χ4n) is 1.80. The third-order valence-electron chi connectivity index (χ3n) is 2.79. The fourth-order valence-corrected chi connectivity index (χ4v) is 1.80. The highest BCUT2D eigenvalue weighted by Gasteiger charge is 2.11. The van der Waals surface area contributed by atoms with E-state index in [1.807, 2.05) is 6.07 Å². The van der Waals surface area contributed by atoms with E-state index in [4.69, 9.17) is 14.2 Å². The van der Waals surface area contributed by atoms with E-state index < -0.39 is 0 Å². The Morgan fingerprint density at radius 3 is 2.10 bits per heavy atom. The summed E-state index contributed by atoms with van der Waals surface area (Å²) in [6, 6.07) is 5.43. The molecule has 1 aromatic heterocycles. The van der Waals surface area contributed by atoms with Gasteiger partial charge >= 0.3 is 0 Å². The van der Waals surface area contributed by atoms with Gasteiger partial charge in [0, 0.05) is 30.6 Å². The summed E-state index contributed by atoms with van der Waals surface area (Å²) in [7, 11) is 4.80. The number of hydrogen-bond acceptors (Lipinski definition) is 6. The van der Waals surface area contributed by atoms with Gasteiger partial charge in [0.15, 0.2) is 11.5 Å². The van der Waals surface area contributed by atoms with E-state index in [1.54, 1.807) is 45.9 Å². The van der Waals surface area contributed by atoms with Crippen LogP contribution in [0.4, 0.5) is 5.95 Å². The molecule has 20 heavy (non-hydrogen) atoms. The van der Waals surface area contributed by atoms with Gasteiger partial charge in [0.25, 0.3) is 0 Å². The van der Waals surface area contributed by atoms with Gasteiger partial charge in [-0.3, -0.25) is 0 Å². The van der Waals surface area contributed by atoms with Crippen LogP contribution in [-0.4, -0.2) is 31.3 Å². The summed E-state index contributed by atoms with van der Waals surface area (Å²) >= 11 is 0. The second kappa shape index (κ2) is 6.60. The molecular formula is C14H17N3O3. The summed E-state index contributed by atoms with van der Waals surface area (Å²) in [6.45, 7) is 0.521. The number of nitrogens with one attached hydrogen (secondary N) is 1. The summed E-state index contributed by atoms with van der Waals surface area (Å²) in [5.74, 6) is 2.55. The van der Waals surface area contributed by atoms with Crippen LogP contribution in [0.2, 0.25) is 0 Å². The molecule has 1 N–H and O–H groups in total. The largest absolute Gasteiger partial charge is 0.496 e. The molecule has 0 aliphatic heterocycles. The van der Waals surface area contributed by atoms with Crippen molar-refractivity contribution in [2.75, 3.05) is 26.6 Å². The van der Waals surface area contributed by atoms with Gasteiger partial charge in [0.2, 0.25) is 5.95 Å². The average Bonchev–Trinajstić information content (AvgIpc) is 2.52. The minimum atomic E-state index is 0.521. The van der Waals surface area contributed by atoms with E-state index in [9.17, 15) is 0 Å². The van der Waals surface area contributed by atoms with Gasteiger partial charge in [0.1, 0.15) is 5.75 Å². The second-order valence-corrected chi connectivity index (χ2v) is 3.94. The first-order valence-electron chi connectivity index (χ1n) is 6.08. The molecule has 6 heteroatoms. The zero-order valence-electron chi connectivity index (χ0n) is 11.7. The number of methoxy groups -OCH3 is 3. The van der Waals surface area contributed by atoms with E-state index >= 15 is 0 Å². The highest BCUT2D eigenvalue weighted by atomic mass is 16.5. The van der Waals surface area contributed by atoms with Crippen molar-refractivity contribution < 1.29 is 14.2 Å². The molecule has 6 nitrogen and oxygen atoms in total. The van der Waals surface area contributed by atoms with Crippen LogP contribution < -0.4 is 19.5 Å². The van der Waals surface area contributed by atoms with Gasteiger partial charge in [-0.2, -0.15) is 0 Å². The average molecular weight is 275 g/mol. The SMILES string of the molecule is COc1cc(OC)c(OC)cc1CNc1ncccn1. The van der Waals surface area contributed by atoms with Gasteiger partial charge in [0.05, 0.1) is 21.3 Å². The number of anilines is 1. The fraction of sp³-hybridized carbons (Fsp3) is 0.286. The molecule has 0 aliphatic rings. The van der Waals surface area contributed by atoms with E-state index in [1.165, 1.54) is 0 Å². The van der Waals surface area contributed by atoms with Crippen molar-refractivity contribution >= 4 is 5.95 Å². The Hall–Kier alpha value is -2.50. The lowest BCUT2D eigenvalue weighted by atomic mass is 10.1. The van der Waals surface area contributed by atoms with Crippen LogP contribution >= 0.6 is 0 Å². The van der Waals surface area contributed by atoms with Crippen LogP contribution in [0, 0.1) is 0 Å². The Labute approximate surface area is 117 Å². The Morgan fingerprint density at radius 1 is 0.900 bits per heavy atom. The predicted octanol–water partition coefficient (Wildman–Crippen LogP) is 2.11. The number of ether oxygens (including phenoxy) is 3. The summed E-state index contributed by atoms with van der Waals surface area (Å²) in [5, 5.41) is 3.13. The maximum atomic E-state index is 5.36. The quantitative estimate of drug-likeness (QED) is 0.871. The van der Waals surface area contributed by atoms with Crippen LogP contribution in [0.15, 0.2) is 30.6 Å². The highest BCUT2D eigenvalue weighted by Crippen LogP contribution is 2.34. The van der Waals surface area contributed by atoms with Crippen LogP contribution in [0.3, 0.4) is 0 Å². The van der Waals surface area contributed by atoms with E-state index in [-0.39, 0.29) is 0 Å². The van der Waals surface area contributed by atoms with Crippen molar-refractivity contribution in [2.24, 2.45) is 0 Å². The van der Waals surface area contributed by atoms with Gasteiger partial charge in [-0.25, -0.2) is 9.97 Å². The monoisotopic (exact) mass is 275 g/mol. The maximum Gasteiger partial charge on any atom is 0.222 e. The normalized spacial score (nSPS) is 9.95. The molecule has 0 saturated heterocycles.